The average Bonchev–Trinajstić information content (AvgIpc) is 2.05. The van der Waals surface area contributed by atoms with Gasteiger partial charge in [0, 0.05) is 0 Å². The second-order valence-corrected chi connectivity index (χ2v) is 3.41. The maximum atomic E-state index is 11.1. The first-order chi connectivity index (χ1) is 6.13. The average molecular weight is 206 g/mol. The van der Waals surface area contributed by atoms with E-state index < -0.39 is 17.9 Å². The van der Waals surface area contributed by atoms with Crippen LogP contribution >= 0.6 is 11.8 Å². The van der Waals surface area contributed by atoms with Gasteiger partial charge < -0.3 is 9.84 Å². The molecule has 13 heavy (non-hydrogen) atoms. The molecule has 0 aromatic heterocycles. The summed E-state index contributed by atoms with van der Waals surface area (Å²) in [7, 11) is 0. The van der Waals surface area contributed by atoms with Gasteiger partial charge in [-0.15, -0.1) is 0 Å². The van der Waals surface area contributed by atoms with Crippen molar-refractivity contribution in [3.8, 4) is 0 Å². The number of rotatable bonds is 6. The summed E-state index contributed by atoms with van der Waals surface area (Å²) in [4.78, 5) is 21.7. The van der Waals surface area contributed by atoms with Crippen LogP contribution in [0.2, 0.25) is 0 Å². The first kappa shape index (κ1) is 12.3. The summed E-state index contributed by atoms with van der Waals surface area (Å²) in [5.74, 6) is -2.10. The number of carbonyl (C=O) groups is 2. The molecule has 0 aliphatic carbocycles. The van der Waals surface area contributed by atoms with E-state index in [0.717, 1.165) is 0 Å². The van der Waals surface area contributed by atoms with Gasteiger partial charge in [-0.1, -0.05) is 0 Å². The van der Waals surface area contributed by atoms with E-state index >= 15 is 0 Å². The zero-order chi connectivity index (χ0) is 10.3. The highest BCUT2D eigenvalue weighted by molar-refractivity contribution is 7.98. The van der Waals surface area contributed by atoms with Gasteiger partial charge in [-0.2, -0.15) is 11.8 Å². The predicted molar refractivity (Wildman–Crippen MR) is 50.8 cm³/mol. The van der Waals surface area contributed by atoms with Gasteiger partial charge >= 0.3 is 11.9 Å². The summed E-state index contributed by atoms with van der Waals surface area (Å²) in [6.07, 6.45) is 2.19. The Morgan fingerprint density at radius 3 is 2.54 bits per heavy atom. The van der Waals surface area contributed by atoms with Crippen LogP contribution < -0.4 is 0 Å². The molecule has 4 nitrogen and oxygen atoms in total. The highest BCUT2D eigenvalue weighted by Gasteiger charge is 2.26. The van der Waals surface area contributed by atoms with Crippen molar-refractivity contribution in [3.05, 3.63) is 0 Å². The minimum Gasteiger partial charge on any atom is -0.481 e. The number of ether oxygens (including phenoxy) is 1. The molecule has 0 rings (SSSR count). The number of esters is 1. The van der Waals surface area contributed by atoms with Crippen LogP contribution in [0, 0.1) is 5.92 Å². The quantitative estimate of drug-likeness (QED) is 0.519. The zero-order valence-electron chi connectivity index (χ0n) is 7.78. The van der Waals surface area contributed by atoms with Crippen molar-refractivity contribution in [3.63, 3.8) is 0 Å². The summed E-state index contributed by atoms with van der Waals surface area (Å²) in [5, 5.41) is 8.69. The molecule has 0 aliphatic rings. The third kappa shape index (κ3) is 4.77. The number of aliphatic carboxylic acids is 1. The Morgan fingerprint density at radius 2 is 2.15 bits per heavy atom. The monoisotopic (exact) mass is 206 g/mol. The number of hydrogen-bond donors (Lipinski definition) is 1. The minimum absolute atomic E-state index is 0.224. The summed E-state index contributed by atoms with van der Waals surface area (Å²) in [6.45, 7) is 1.88. The van der Waals surface area contributed by atoms with Gasteiger partial charge in [-0.3, -0.25) is 9.59 Å². The molecule has 0 amide bonds. The molecule has 5 heteroatoms. The van der Waals surface area contributed by atoms with Crippen molar-refractivity contribution in [1.82, 2.24) is 0 Å². The maximum Gasteiger partial charge on any atom is 0.320 e. The highest BCUT2D eigenvalue weighted by atomic mass is 32.2. The fourth-order valence-electron chi connectivity index (χ4n) is 0.821. The van der Waals surface area contributed by atoms with Gasteiger partial charge in [-0.05, 0) is 25.4 Å². The molecule has 0 fully saturated rings. The Hall–Kier alpha value is -0.710. The van der Waals surface area contributed by atoms with E-state index in [9.17, 15) is 9.59 Å². The Bertz CT molecular complexity index is 181. The third-order valence-electron chi connectivity index (χ3n) is 1.48. The lowest BCUT2D eigenvalue weighted by Crippen LogP contribution is -2.26. The van der Waals surface area contributed by atoms with Crippen LogP contribution in [-0.2, 0) is 14.3 Å². The molecule has 0 aliphatic heterocycles. The van der Waals surface area contributed by atoms with Crippen molar-refractivity contribution in [2.75, 3.05) is 18.6 Å². The molecule has 0 radical (unpaired) electrons. The lowest BCUT2D eigenvalue weighted by molar-refractivity contribution is -0.158. The fourth-order valence-corrected chi connectivity index (χ4v) is 1.29. The van der Waals surface area contributed by atoms with E-state index in [1.54, 1.807) is 6.92 Å². The number of thioether (sulfide) groups is 1. The Morgan fingerprint density at radius 1 is 1.54 bits per heavy atom. The molecule has 1 atom stereocenters. The Balaban J connectivity index is 4.07. The summed E-state index contributed by atoms with van der Waals surface area (Å²) >= 11 is 1.51. The fraction of sp³-hybridized carbons (Fsp3) is 0.750. The van der Waals surface area contributed by atoms with Crippen molar-refractivity contribution in [2.45, 2.75) is 13.3 Å². The largest absolute Gasteiger partial charge is 0.481 e. The van der Waals surface area contributed by atoms with Crippen molar-refractivity contribution < 1.29 is 19.4 Å². The Labute approximate surface area is 81.6 Å². The molecule has 1 unspecified atom stereocenters. The van der Waals surface area contributed by atoms with Gasteiger partial charge in [0.25, 0.3) is 0 Å². The smallest absolute Gasteiger partial charge is 0.320 e. The van der Waals surface area contributed by atoms with Gasteiger partial charge in [0.1, 0.15) is 0 Å². The molecule has 76 valence electrons. The standard InChI is InChI=1S/C8H14O4S/c1-3-12-8(11)6(7(9)10)4-5-13-2/h6H,3-5H2,1-2H3,(H,9,10). The molecular formula is C8H14O4S. The molecule has 0 saturated heterocycles. The first-order valence-electron chi connectivity index (χ1n) is 4.01. The van der Waals surface area contributed by atoms with Gasteiger partial charge in [0.2, 0.25) is 0 Å². The molecule has 0 aromatic carbocycles. The minimum atomic E-state index is -1.10. The predicted octanol–water partition coefficient (Wildman–Crippen LogP) is 1.00. The second kappa shape index (κ2) is 6.77. The molecule has 0 spiro atoms. The normalized spacial score (nSPS) is 12.2. The van der Waals surface area contributed by atoms with Crippen LogP contribution in [0.5, 0.6) is 0 Å². The SMILES string of the molecule is CCOC(=O)C(CCSC)C(=O)O. The molecule has 0 bridgehead atoms. The van der Waals surface area contributed by atoms with Gasteiger partial charge in [0.15, 0.2) is 5.92 Å². The van der Waals surface area contributed by atoms with Crippen molar-refractivity contribution in [1.29, 1.82) is 0 Å². The van der Waals surface area contributed by atoms with Crippen LogP contribution in [-0.4, -0.2) is 35.7 Å². The lowest BCUT2D eigenvalue weighted by Gasteiger charge is -2.09. The van der Waals surface area contributed by atoms with E-state index in [2.05, 4.69) is 4.74 Å². The summed E-state index contributed by atoms with van der Waals surface area (Å²) in [5.41, 5.74) is 0. The van der Waals surface area contributed by atoms with Crippen LogP contribution in [0.1, 0.15) is 13.3 Å². The van der Waals surface area contributed by atoms with Crippen LogP contribution in [0.3, 0.4) is 0 Å². The van der Waals surface area contributed by atoms with E-state index in [0.29, 0.717) is 12.2 Å². The molecular weight excluding hydrogens is 192 g/mol. The van der Waals surface area contributed by atoms with Gasteiger partial charge in [0.05, 0.1) is 6.61 Å². The van der Waals surface area contributed by atoms with Crippen LogP contribution in [0.25, 0.3) is 0 Å². The molecule has 1 N–H and O–H groups in total. The topological polar surface area (TPSA) is 63.6 Å². The van der Waals surface area contributed by atoms with Gasteiger partial charge in [-0.25, -0.2) is 0 Å². The summed E-state index contributed by atoms with van der Waals surface area (Å²) in [6, 6.07) is 0. The summed E-state index contributed by atoms with van der Waals surface area (Å²) < 4.78 is 4.63. The van der Waals surface area contributed by atoms with E-state index in [4.69, 9.17) is 5.11 Å². The number of carboxylic acids is 1. The van der Waals surface area contributed by atoms with E-state index in [1.165, 1.54) is 11.8 Å². The molecule has 0 heterocycles. The number of carboxylic acid groups (broad SMARTS) is 1. The first-order valence-corrected chi connectivity index (χ1v) is 5.41. The number of carbonyl (C=O) groups excluding carboxylic acids is 1. The second-order valence-electron chi connectivity index (χ2n) is 2.42. The number of hydrogen-bond acceptors (Lipinski definition) is 4. The van der Waals surface area contributed by atoms with Crippen molar-refractivity contribution >= 4 is 23.7 Å². The Kier molecular flexibility index (Phi) is 6.40. The lowest BCUT2D eigenvalue weighted by atomic mass is 10.1. The zero-order valence-corrected chi connectivity index (χ0v) is 8.60. The van der Waals surface area contributed by atoms with Crippen LogP contribution in [0.4, 0.5) is 0 Å². The third-order valence-corrected chi connectivity index (χ3v) is 2.12. The molecule has 0 aromatic rings. The molecule has 0 saturated carbocycles. The van der Waals surface area contributed by atoms with E-state index in [-0.39, 0.29) is 6.61 Å². The van der Waals surface area contributed by atoms with Crippen molar-refractivity contribution in [2.24, 2.45) is 5.92 Å². The van der Waals surface area contributed by atoms with E-state index in [1.807, 2.05) is 6.26 Å². The van der Waals surface area contributed by atoms with Crippen LogP contribution in [0.15, 0.2) is 0 Å². The maximum absolute atomic E-state index is 11.1. The highest BCUT2D eigenvalue weighted by Crippen LogP contribution is 2.10.